The van der Waals surface area contributed by atoms with Crippen LogP contribution >= 0.6 is 0 Å². The number of pyridine rings is 1. The summed E-state index contributed by atoms with van der Waals surface area (Å²) in [5.74, 6) is -0.120. The highest BCUT2D eigenvalue weighted by Gasteiger charge is 2.35. The minimum atomic E-state index is -0.272. The van der Waals surface area contributed by atoms with Gasteiger partial charge in [-0.25, -0.2) is 4.39 Å². The van der Waals surface area contributed by atoms with Crippen molar-refractivity contribution >= 4 is 5.91 Å². The molecule has 1 aliphatic heterocycles. The maximum atomic E-state index is 13.4. The second-order valence-electron chi connectivity index (χ2n) is 7.17. The molecule has 0 atom stereocenters. The number of aromatic nitrogens is 1. The molecule has 1 aromatic heterocycles. The Labute approximate surface area is 153 Å². The summed E-state index contributed by atoms with van der Waals surface area (Å²) in [6.45, 7) is 1.33. The van der Waals surface area contributed by atoms with Gasteiger partial charge in [0.05, 0.1) is 0 Å². The number of aliphatic hydroxyl groups is 1. The molecule has 2 heterocycles. The molecule has 26 heavy (non-hydrogen) atoms. The molecule has 0 aliphatic carbocycles. The van der Waals surface area contributed by atoms with Gasteiger partial charge in [0.15, 0.2) is 0 Å². The number of amides is 1. The number of likely N-dealkylation sites (tertiary alicyclic amines) is 1. The smallest absolute Gasteiger partial charge is 0.222 e. The van der Waals surface area contributed by atoms with Crippen molar-refractivity contribution in [1.82, 2.24) is 9.88 Å². The Morgan fingerprint density at radius 3 is 2.65 bits per heavy atom. The molecule has 0 unspecified atom stereocenters. The van der Waals surface area contributed by atoms with Gasteiger partial charge < -0.3 is 10.0 Å². The Balaban J connectivity index is 1.54. The van der Waals surface area contributed by atoms with Gasteiger partial charge in [0.25, 0.3) is 0 Å². The number of aryl methyl sites for hydroxylation is 1. The first-order chi connectivity index (χ1) is 12.6. The molecule has 4 nitrogen and oxygen atoms in total. The second kappa shape index (κ2) is 8.41. The van der Waals surface area contributed by atoms with E-state index in [1.807, 2.05) is 29.2 Å². The van der Waals surface area contributed by atoms with Gasteiger partial charge in [-0.2, -0.15) is 0 Å². The van der Waals surface area contributed by atoms with E-state index >= 15 is 0 Å². The summed E-state index contributed by atoms with van der Waals surface area (Å²) < 4.78 is 13.4. The summed E-state index contributed by atoms with van der Waals surface area (Å²) in [6.07, 6.45) is 4.93. The highest BCUT2D eigenvalue weighted by molar-refractivity contribution is 5.76. The number of hydrogen-bond donors (Lipinski definition) is 1. The Kier molecular flexibility index (Phi) is 5.99. The number of carbonyl (C=O) groups excluding carboxylic acids is 1. The predicted octanol–water partition coefficient (Wildman–Crippen LogP) is 3.00. The molecular weight excluding hydrogens is 331 g/mol. The fourth-order valence-corrected chi connectivity index (χ4v) is 3.64. The first kappa shape index (κ1) is 18.5. The number of aliphatic hydroxyl groups excluding tert-OH is 1. The van der Waals surface area contributed by atoms with Crippen LogP contribution < -0.4 is 0 Å². The minimum Gasteiger partial charge on any atom is -0.396 e. The summed E-state index contributed by atoms with van der Waals surface area (Å²) in [7, 11) is 0. The van der Waals surface area contributed by atoms with Crippen LogP contribution in [0.1, 0.15) is 30.5 Å². The number of rotatable bonds is 6. The Morgan fingerprint density at radius 2 is 2.00 bits per heavy atom. The van der Waals surface area contributed by atoms with Gasteiger partial charge in [0, 0.05) is 43.4 Å². The van der Waals surface area contributed by atoms with Crippen LogP contribution in [0.2, 0.25) is 0 Å². The van der Waals surface area contributed by atoms with Gasteiger partial charge in [-0.05, 0) is 55.5 Å². The average molecular weight is 356 g/mol. The number of benzene rings is 1. The highest BCUT2D eigenvalue weighted by atomic mass is 19.1. The van der Waals surface area contributed by atoms with Crippen molar-refractivity contribution in [3.63, 3.8) is 0 Å². The first-order valence-electron chi connectivity index (χ1n) is 9.13. The van der Waals surface area contributed by atoms with E-state index in [1.165, 1.54) is 12.1 Å². The molecule has 1 saturated heterocycles. The fourth-order valence-electron chi connectivity index (χ4n) is 3.64. The zero-order valence-corrected chi connectivity index (χ0v) is 14.9. The second-order valence-corrected chi connectivity index (χ2v) is 7.17. The topological polar surface area (TPSA) is 53.4 Å². The third-order valence-corrected chi connectivity index (χ3v) is 5.30. The van der Waals surface area contributed by atoms with E-state index in [0.29, 0.717) is 32.4 Å². The quantitative estimate of drug-likeness (QED) is 0.866. The monoisotopic (exact) mass is 356 g/mol. The molecule has 0 spiro atoms. The largest absolute Gasteiger partial charge is 0.396 e. The Hall–Kier alpha value is -2.27. The van der Waals surface area contributed by atoms with E-state index in [-0.39, 0.29) is 23.7 Å². The lowest BCUT2D eigenvalue weighted by Crippen LogP contribution is -2.45. The van der Waals surface area contributed by atoms with Crippen LogP contribution in [0.3, 0.4) is 0 Å². The zero-order valence-electron chi connectivity index (χ0n) is 14.9. The molecule has 0 radical (unpaired) electrons. The number of carbonyl (C=O) groups is 1. The van der Waals surface area contributed by atoms with Crippen LogP contribution in [-0.2, 0) is 17.6 Å². The summed E-state index contributed by atoms with van der Waals surface area (Å²) in [6, 6.07) is 12.3. The van der Waals surface area contributed by atoms with Gasteiger partial charge >= 0.3 is 0 Å². The molecule has 1 amide bonds. The first-order valence-corrected chi connectivity index (χ1v) is 9.13. The maximum Gasteiger partial charge on any atom is 0.222 e. The molecule has 3 rings (SSSR count). The fraction of sp³-hybridized carbons (Fsp3) is 0.429. The number of piperidine rings is 1. The van der Waals surface area contributed by atoms with Crippen LogP contribution in [0.5, 0.6) is 0 Å². The van der Waals surface area contributed by atoms with Gasteiger partial charge in [0.1, 0.15) is 5.82 Å². The zero-order chi connectivity index (χ0) is 18.4. The van der Waals surface area contributed by atoms with Crippen LogP contribution in [0.4, 0.5) is 4.39 Å². The van der Waals surface area contributed by atoms with Crippen molar-refractivity contribution < 1.29 is 14.3 Å². The van der Waals surface area contributed by atoms with E-state index in [0.717, 1.165) is 24.1 Å². The van der Waals surface area contributed by atoms with Gasteiger partial charge in [-0.3, -0.25) is 9.78 Å². The summed E-state index contributed by atoms with van der Waals surface area (Å²) in [4.78, 5) is 18.6. The van der Waals surface area contributed by atoms with Gasteiger partial charge in [0.2, 0.25) is 5.91 Å². The van der Waals surface area contributed by atoms with Crippen LogP contribution in [0, 0.1) is 11.2 Å². The van der Waals surface area contributed by atoms with Gasteiger partial charge in [-0.1, -0.05) is 18.2 Å². The molecule has 1 fully saturated rings. The van der Waals surface area contributed by atoms with Crippen LogP contribution in [0.15, 0.2) is 48.7 Å². The molecule has 0 bridgehead atoms. The normalized spacial score (nSPS) is 16.5. The van der Waals surface area contributed by atoms with Crippen LogP contribution in [0.25, 0.3) is 0 Å². The molecule has 2 aromatic rings. The van der Waals surface area contributed by atoms with Crippen molar-refractivity contribution in [1.29, 1.82) is 0 Å². The third-order valence-electron chi connectivity index (χ3n) is 5.30. The standard InChI is InChI=1S/C21H25FN2O2/c22-18-5-3-4-17(14-18)15-21(16-25)9-12-24(13-10-21)20(26)8-7-19-6-1-2-11-23-19/h1-6,11,14,25H,7-10,12-13,15-16H2. The molecule has 1 aliphatic rings. The molecular formula is C21H25FN2O2. The van der Waals surface area contributed by atoms with Crippen molar-refractivity contribution in [2.75, 3.05) is 19.7 Å². The number of halogens is 1. The molecule has 1 N–H and O–H groups in total. The third kappa shape index (κ3) is 4.67. The van der Waals surface area contributed by atoms with Gasteiger partial charge in [-0.15, -0.1) is 0 Å². The Morgan fingerprint density at radius 1 is 1.19 bits per heavy atom. The minimum absolute atomic E-state index is 0.0550. The molecule has 0 saturated carbocycles. The van der Waals surface area contributed by atoms with E-state index in [1.54, 1.807) is 12.3 Å². The van der Waals surface area contributed by atoms with Crippen molar-refractivity contribution in [3.05, 3.63) is 65.7 Å². The molecule has 5 heteroatoms. The van der Waals surface area contributed by atoms with E-state index in [9.17, 15) is 14.3 Å². The highest BCUT2D eigenvalue weighted by Crippen LogP contribution is 2.35. The molecule has 138 valence electrons. The number of hydrogen-bond acceptors (Lipinski definition) is 3. The van der Waals surface area contributed by atoms with Crippen molar-refractivity contribution in [2.45, 2.75) is 32.1 Å². The van der Waals surface area contributed by atoms with E-state index in [2.05, 4.69) is 4.98 Å². The SMILES string of the molecule is O=C(CCc1ccccn1)N1CCC(CO)(Cc2cccc(F)c2)CC1. The maximum absolute atomic E-state index is 13.4. The van der Waals surface area contributed by atoms with E-state index < -0.39 is 0 Å². The summed E-state index contributed by atoms with van der Waals surface area (Å²) in [5.41, 5.74) is 1.55. The lowest BCUT2D eigenvalue weighted by molar-refractivity contribution is -0.134. The lowest BCUT2D eigenvalue weighted by Gasteiger charge is -2.41. The Bertz CT molecular complexity index is 728. The summed E-state index contributed by atoms with van der Waals surface area (Å²) >= 11 is 0. The van der Waals surface area contributed by atoms with Crippen molar-refractivity contribution in [2.24, 2.45) is 5.41 Å². The molecule has 1 aromatic carbocycles. The summed E-state index contributed by atoms with van der Waals surface area (Å²) in [5, 5.41) is 9.94. The van der Waals surface area contributed by atoms with Crippen LogP contribution in [-0.4, -0.2) is 40.6 Å². The lowest BCUT2D eigenvalue weighted by atomic mass is 9.74. The van der Waals surface area contributed by atoms with Crippen molar-refractivity contribution in [3.8, 4) is 0 Å². The predicted molar refractivity (Wildman–Crippen MR) is 98.0 cm³/mol. The van der Waals surface area contributed by atoms with E-state index in [4.69, 9.17) is 0 Å². The number of nitrogens with zero attached hydrogens (tertiary/aromatic N) is 2. The average Bonchev–Trinajstić information content (AvgIpc) is 2.67.